The molecule has 1 fully saturated rings. The third-order valence-corrected chi connectivity index (χ3v) is 6.21. The molecule has 170 valence electrons. The molecule has 0 radical (unpaired) electrons. The van der Waals surface area contributed by atoms with E-state index >= 15 is 0 Å². The fraction of sp³-hybridized carbons (Fsp3) is 0.500. The number of benzene rings is 1. The van der Waals surface area contributed by atoms with E-state index in [1.807, 2.05) is 0 Å². The number of nitrogens with zero attached hydrogens (tertiary/aromatic N) is 1. The Hall–Kier alpha value is -1.86. The van der Waals surface area contributed by atoms with E-state index in [2.05, 4.69) is 11.7 Å². The van der Waals surface area contributed by atoms with E-state index in [-0.39, 0.29) is 28.0 Å². The van der Waals surface area contributed by atoms with Crippen LogP contribution in [0.3, 0.4) is 0 Å². The Morgan fingerprint density at radius 1 is 1.06 bits per heavy atom. The molecule has 2 aromatic rings. The van der Waals surface area contributed by atoms with Gasteiger partial charge >= 0.3 is 6.36 Å². The lowest BCUT2D eigenvalue weighted by molar-refractivity contribution is -0.274. The minimum Gasteiger partial charge on any atom is -0.487 e. The number of hydrogen-bond donors (Lipinski definition) is 0. The van der Waals surface area contributed by atoms with Gasteiger partial charge < -0.3 is 14.0 Å². The second-order valence-electron chi connectivity index (χ2n) is 7.97. The topological polar surface area (TPSA) is 40.5 Å². The highest BCUT2D eigenvalue weighted by Gasteiger charge is 2.31. The van der Waals surface area contributed by atoms with Crippen molar-refractivity contribution >= 4 is 23.2 Å². The highest BCUT2D eigenvalue weighted by molar-refractivity contribution is 6.34. The van der Waals surface area contributed by atoms with Crippen LogP contribution in [0.2, 0.25) is 10.0 Å². The molecule has 0 bridgehead atoms. The molecule has 1 aromatic heterocycles. The van der Waals surface area contributed by atoms with Gasteiger partial charge in [0.2, 0.25) is 0 Å². The first kappa shape index (κ1) is 23.8. The van der Waals surface area contributed by atoms with Gasteiger partial charge in [-0.05, 0) is 36.5 Å². The molecular formula is C22H24Cl2F3NO3. The second kappa shape index (κ2) is 10.2. The van der Waals surface area contributed by atoms with Crippen LogP contribution in [0.15, 0.2) is 35.1 Å². The van der Waals surface area contributed by atoms with Gasteiger partial charge in [0.1, 0.15) is 23.1 Å². The van der Waals surface area contributed by atoms with Crippen LogP contribution in [0.4, 0.5) is 13.2 Å². The highest BCUT2D eigenvalue weighted by Crippen LogP contribution is 2.31. The van der Waals surface area contributed by atoms with Crippen LogP contribution in [0.25, 0.3) is 0 Å². The molecule has 0 N–H and O–H groups in total. The van der Waals surface area contributed by atoms with E-state index in [9.17, 15) is 18.0 Å². The Balaban J connectivity index is 1.74. The molecule has 0 unspecified atom stereocenters. The lowest BCUT2D eigenvalue weighted by Crippen LogP contribution is -2.27. The summed E-state index contributed by atoms with van der Waals surface area (Å²) in [4.78, 5) is 12.7. The van der Waals surface area contributed by atoms with Gasteiger partial charge in [0, 0.05) is 12.6 Å². The quantitative estimate of drug-likeness (QED) is 0.437. The van der Waals surface area contributed by atoms with Crippen molar-refractivity contribution in [3.63, 3.8) is 0 Å². The van der Waals surface area contributed by atoms with Crippen molar-refractivity contribution in [3.05, 3.63) is 56.4 Å². The molecule has 1 aliphatic rings. The normalized spacial score (nSPS) is 19.3. The molecule has 0 spiro atoms. The molecule has 0 aliphatic heterocycles. The summed E-state index contributed by atoms with van der Waals surface area (Å²) in [5, 5.41) is 0.288. The van der Waals surface area contributed by atoms with Crippen molar-refractivity contribution in [1.29, 1.82) is 0 Å². The number of alkyl halides is 3. The van der Waals surface area contributed by atoms with Gasteiger partial charge in [0.25, 0.3) is 5.56 Å². The zero-order chi connectivity index (χ0) is 22.6. The van der Waals surface area contributed by atoms with Gasteiger partial charge in [-0.15, -0.1) is 13.2 Å². The van der Waals surface area contributed by atoms with Crippen molar-refractivity contribution < 1.29 is 22.6 Å². The summed E-state index contributed by atoms with van der Waals surface area (Å²) in [5.74, 6) is 1.04. The molecular weight excluding hydrogens is 454 g/mol. The zero-order valence-corrected chi connectivity index (χ0v) is 18.6. The number of rotatable bonds is 7. The first-order valence-electron chi connectivity index (χ1n) is 10.2. The van der Waals surface area contributed by atoms with Crippen LogP contribution >= 0.6 is 23.2 Å². The standard InChI is InChI=1S/C22H24Cl2F3NO3/c1-14-5-7-15(8-6-14)9-10-28-20(18(23)12-19(24)21(28)29)13-30-16-3-2-4-17(11-16)31-22(25,26)27/h2-4,11-12,14-15H,5-10,13H2,1H3. The molecule has 1 saturated carbocycles. The number of ether oxygens (including phenoxy) is 2. The molecule has 0 atom stereocenters. The number of pyridine rings is 1. The summed E-state index contributed by atoms with van der Waals surface area (Å²) in [7, 11) is 0. The molecule has 1 aliphatic carbocycles. The minimum atomic E-state index is -4.80. The van der Waals surface area contributed by atoms with Crippen molar-refractivity contribution in [2.24, 2.45) is 11.8 Å². The van der Waals surface area contributed by atoms with Gasteiger partial charge in [0.05, 0.1) is 10.7 Å². The lowest BCUT2D eigenvalue weighted by atomic mass is 9.81. The van der Waals surface area contributed by atoms with Gasteiger partial charge in [-0.3, -0.25) is 4.79 Å². The van der Waals surface area contributed by atoms with Crippen LogP contribution in [0, 0.1) is 11.8 Å². The monoisotopic (exact) mass is 477 g/mol. The molecule has 1 heterocycles. The number of hydrogen-bond acceptors (Lipinski definition) is 3. The van der Waals surface area contributed by atoms with E-state index in [4.69, 9.17) is 27.9 Å². The fourth-order valence-corrected chi connectivity index (χ4v) is 4.40. The second-order valence-corrected chi connectivity index (χ2v) is 8.78. The van der Waals surface area contributed by atoms with Crippen LogP contribution in [-0.2, 0) is 13.2 Å². The Morgan fingerprint density at radius 3 is 2.42 bits per heavy atom. The maximum atomic E-state index is 12.7. The minimum absolute atomic E-state index is 0.0200. The first-order chi connectivity index (χ1) is 14.6. The van der Waals surface area contributed by atoms with Crippen molar-refractivity contribution in [1.82, 2.24) is 4.57 Å². The van der Waals surface area contributed by atoms with E-state index < -0.39 is 12.1 Å². The van der Waals surface area contributed by atoms with E-state index in [1.165, 1.54) is 41.7 Å². The van der Waals surface area contributed by atoms with Crippen molar-refractivity contribution in [3.8, 4) is 11.5 Å². The summed E-state index contributed by atoms with van der Waals surface area (Å²) in [6.07, 6.45) is 0.648. The average molecular weight is 478 g/mol. The number of halogens is 5. The number of aromatic nitrogens is 1. The zero-order valence-electron chi connectivity index (χ0n) is 17.1. The SMILES string of the molecule is CC1CCC(CCn2c(COc3cccc(OC(F)(F)F)c3)c(Cl)cc(Cl)c2=O)CC1. The first-order valence-corrected chi connectivity index (χ1v) is 10.9. The van der Waals surface area contributed by atoms with E-state index in [1.54, 1.807) is 0 Å². The van der Waals surface area contributed by atoms with Crippen molar-refractivity contribution in [2.75, 3.05) is 0 Å². The Morgan fingerprint density at radius 2 is 1.74 bits per heavy atom. The maximum absolute atomic E-state index is 12.7. The molecule has 0 amide bonds. The van der Waals surface area contributed by atoms with Gasteiger partial charge in [-0.2, -0.15) is 0 Å². The lowest BCUT2D eigenvalue weighted by Gasteiger charge is -2.26. The third-order valence-electron chi connectivity index (χ3n) is 5.62. The van der Waals surface area contributed by atoms with Crippen LogP contribution in [0.1, 0.15) is 44.7 Å². The third kappa shape index (κ3) is 6.81. The Labute approximate surface area is 188 Å². The summed E-state index contributed by atoms with van der Waals surface area (Å²) in [6, 6.07) is 6.56. The molecule has 31 heavy (non-hydrogen) atoms. The van der Waals surface area contributed by atoms with Gasteiger partial charge in [0.15, 0.2) is 0 Å². The molecule has 1 aromatic carbocycles. The van der Waals surface area contributed by atoms with Crippen LogP contribution in [0.5, 0.6) is 11.5 Å². The molecule has 0 saturated heterocycles. The summed E-state index contributed by atoms with van der Waals surface area (Å²) in [6.45, 7) is 2.61. The van der Waals surface area contributed by atoms with E-state index in [0.717, 1.165) is 31.2 Å². The molecule has 4 nitrogen and oxygen atoms in total. The predicted molar refractivity (Wildman–Crippen MR) is 114 cm³/mol. The van der Waals surface area contributed by atoms with Crippen LogP contribution in [-0.4, -0.2) is 10.9 Å². The Kier molecular flexibility index (Phi) is 7.81. The summed E-state index contributed by atoms with van der Waals surface area (Å²) < 4.78 is 48.4. The summed E-state index contributed by atoms with van der Waals surface area (Å²) in [5.41, 5.74) is 0.0744. The molecule has 9 heteroatoms. The molecule has 3 rings (SSSR count). The average Bonchev–Trinajstić information content (AvgIpc) is 2.69. The van der Waals surface area contributed by atoms with E-state index in [0.29, 0.717) is 18.2 Å². The highest BCUT2D eigenvalue weighted by atomic mass is 35.5. The predicted octanol–water partition coefficient (Wildman–Crippen LogP) is 6.85. The van der Waals surface area contributed by atoms with Gasteiger partial charge in [-0.1, -0.05) is 61.9 Å². The fourth-order valence-electron chi connectivity index (χ4n) is 3.86. The van der Waals surface area contributed by atoms with Gasteiger partial charge in [-0.25, -0.2) is 0 Å². The summed E-state index contributed by atoms with van der Waals surface area (Å²) >= 11 is 12.4. The Bertz CT molecular complexity index is 954. The van der Waals surface area contributed by atoms with Crippen molar-refractivity contribution in [2.45, 2.75) is 58.5 Å². The largest absolute Gasteiger partial charge is 0.573 e. The smallest absolute Gasteiger partial charge is 0.487 e. The van der Waals surface area contributed by atoms with Crippen LogP contribution < -0.4 is 15.0 Å². The maximum Gasteiger partial charge on any atom is 0.573 e.